The summed E-state index contributed by atoms with van der Waals surface area (Å²) in [6.07, 6.45) is -0.437. The van der Waals surface area contributed by atoms with Gasteiger partial charge in [-0.2, -0.15) is 0 Å². The lowest BCUT2D eigenvalue weighted by molar-refractivity contribution is 0.516. The molecule has 0 saturated heterocycles. The first-order valence-electron chi connectivity index (χ1n) is 14.9. The topological polar surface area (TPSA) is 46.6 Å². The number of benzene rings is 6. The molecule has 1 unspecified atom stereocenters. The number of amidine groups is 2. The predicted molar refractivity (Wildman–Crippen MR) is 182 cm³/mol. The lowest BCUT2D eigenvalue weighted by Gasteiger charge is -2.26. The highest BCUT2D eigenvalue weighted by molar-refractivity contribution is 6.23. The van der Waals surface area contributed by atoms with Gasteiger partial charge in [-0.15, -0.1) is 0 Å². The second kappa shape index (κ2) is 9.82. The van der Waals surface area contributed by atoms with E-state index in [4.69, 9.17) is 9.98 Å². The quantitative estimate of drug-likeness (QED) is 0.228. The van der Waals surface area contributed by atoms with Gasteiger partial charge in [-0.1, -0.05) is 127 Å². The fraction of sp³-hybridized carbons (Fsp3) is 0.0256. The van der Waals surface area contributed by atoms with E-state index in [9.17, 15) is 0 Å². The molecule has 0 saturated carbocycles. The van der Waals surface area contributed by atoms with E-state index < -0.39 is 6.29 Å². The van der Waals surface area contributed by atoms with Crippen LogP contribution in [-0.4, -0.2) is 20.8 Å². The van der Waals surface area contributed by atoms with Gasteiger partial charge in [0.2, 0.25) is 6.29 Å². The third-order valence-corrected chi connectivity index (χ3v) is 8.57. The zero-order valence-corrected chi connectivity index (χ0v) is 23.8. The summed E-state index contributed by atoms with van der Waals surface area (Å²) in [6, 6.07) is 53.1. The highest BCUT2D eigenvalue weighted by Crippen LogP contribution is 2.41. The minimum atomic E-state index is -0.437. The largest absolute Gasteiger partial charge is 0.331 e. The molecule has 3 heterocycles. The molecule has 1 atom stereocenters. The van der Waals surface area contributed by atoms with E-state index in [1.807, 2.05) is 36.4 Å². The van der Waals surface area contributed by atoms with Crippen LogP contribution in [0.15, 0.2) is 162 Å². The summed E-state index contributed by atoms with van der Waals surface area (Å²) < 4.78 is 4.77. The fourth-order valence-corrected chi connectivity index (χ4v) is 6.66. The fourth-order valence-electron chi connectivity index (χ4n) is 6.66. The van der Waals surface area contributed by atoms with Crippen LogP contribution in [0.2, 0.25) is 0 Å². The van der Waals surface area contributed by atoms with Crippen LogP contribution < -0.4 is 5.32 Å². The summed E-state index contributed by atoms with van der Waals surface area (Å²) >= 11 is 0. The van der Waals surface area contributed by atoms with Crippen molar-refractivity contribution in [2.24, 2.45) is 9.98 Å². The highest BCUT2D eigenvalue weighted by Gasteiger charge is 2.27. The minimum Gasteiger partial charge on any atom is -0.331 e. The van der Waals surface area contributed by atoms with Crippen molar-refractivity contribution in [1.82, 2.24) is 14.5 Å². The van der Waals surface area contributed by atoms with Gasteiger partial charge in [0, 0.05) is 38.4 Å². The van der Waals surface area contributed by atoms with E-state index in [0.717, 1.165) is 39.2 Å². The van der Waals surface area contributed by atoms with E-state index in [1.54, 1.807) is 0 Å². The van der Waals surface area contributed by atoms with Crippen LogP contribution in [-0.2, 0) is 0 Å². The molecule has 1 N–H and O–H groups in total. The standard InChI is InChI=1S/C39H27N5/c1-4-14-26(15-5-1)37-40-38(27-16-6-2-7-17-27)42-39(41-37)44-34-23-13-11-21-30(34)32-25-24-31-29-20-10-12-22-33(29)43(35(31)36(32)44)28-18-8-3-9-19-28/h1-25,39H,(H,40,41,42). The normalized spacial score (nSPS) is 15.0. The lowest BCUT2D eigenvalue weighted by Crippen LogP contribution is -2.36. The molecule has 0 radical (unpaired) electrons. The van der Waals surface area contributed by atoms with Gasteiger partial charge in [0.15, 0.2) is 5.84 Å². The summed E-state index contributed by atoms with van der Waals surface area (Å²) in [4.78, 5) is 10.3. The Balaban J connectivity index is 1.41. The highest BCUT2D eigenvalue weighted by atomic mass is 15.3. The van der Waals surface area contributed by atoms with E-state index in [1.165, 1.54) is 27.1 Å². The van der Waals surface area contributed by atoms with E-state index in [-0.39, 0.29) is 0 Å². The molecule has 6 aromatic carbocycles. The summed E-state index contributed by atoms with van der Waals surface area (Å²) in [7, 11) is 0. The maximum atomic E-state index is 5.31. The number of para-hydroxylation sites is 3. The zero-order valence-electron chi connectivity index (χ0n) is 23.8. The first kappa shape index (κ1) is 24.6. The Labute approximate surface area is 254 Å². The van der Waals surface area contributed by atoms with Gasteiger partial charge in [-0.3, -0.25) is 4.57 Å². The molecule has 208 valence electrons. The molecule has 0 fully saturated rings. The van der Waals surface area contributed by atoms with Crippen LogP contribution >= 0.6 is 0 Å². The molecule has 1 aliphatic rings. The Morgan fingerprint density at radius 1 is 0.477 bits per heavy atom. The Hall–Kier alpha value is -5.94. The molecule has 44 heavy (non-hydrogen) atoms. The van der Waals surface area contributed by atoms with Crippen molar-refractivity contribution < 1.29 is 0 Å². The molecular weight excluding hydrogens is 538 g/mol. The molecule has 5 nitrogen and oxygen atoms in total. The second-order valence-electron chi connectivity index (χ2n) is 11.1. The first-order chi connectivity index (χ1) is 21.8. The maximum absolute atomic E-state index is 5.31. The monoisotopic (exact) mass is 565 g/mol. The van der Waals surface area contributed by atoms with Crippen LogP contribution in [0, 0.1) is 0 Å². The number of aliphatic imine (C=N–C) groups is 2. The van der Waals surface area contributed by atoms with Crippen molar-refractivity contribution in [2.75, 3.05) is 0 Å². The lowest BCUT2D eigenvalue weighted by atomic mass is 10.1. The van der Waals surface area contributed by atoms with Crippen LogP contribution in [0.3, 0.4) is 0 Å². The third-order valence-electron chi connectivity index (χ3n) is 8.57. The maximum Gasteiger partial charge on any atom is 0.204 e. The molecule has 2 aromatic heterocycles. The average molecular weight is 566 g/mol. The molecule has 0 amide bonds. The second-order valence-corrected chi connectivity index (χ2v) is 11.1. The number of aromatic nitrogens is 2. The summed E-state index contributed by atoms with van der Waals surface area (Å²) in [5, 5.41) is 8.54. The van der Waals surface area contributed by atoms with E-state index in [0.29, 0.717) is 5.84 Å². The van der Waals surface area contributed by atoms with Crippen molar-refractivity contribution in [3.63, 3.8) is 0 Å². The molecule has 9 rings (SSSR count). The molecule has 0 spiro atoms. The van der Waals surface area contributed by atoms with Gasteiger partial charge in [-0.25, -0.2) is 9.98 Å². The molecule has 0 bridgehead atoms. The molecule has 5 heteroatoms. The summed E-state index contributed by atoms with van der Waals surface area (Å²) in [5.74, 6) is 1.50. The van der Waals surface area contributed by atoms with Crippen molar-refractivity contribution in [2.45, 2.75) is 6.29 Å². The van der Waals surface area contributed by atoms with E-state index in [2.05, 4.69) is 130 Å². The number of fused-ring (bicyclic) bond motifs is 7. The van der Waals surface area contributed by atoms with Crippen LogP contribution in [0.4, 0.5) is 0 Å². The van der Waals surface area contributed by atoms with Gasteiger partial charge in [0.05, 0.1) is 22.1 Å². The van der Waals surface area contributed by atoms with Crippen LogP contribution in [0.1, 0.15) is 17.4 Å². The smallest absolute Gasteiger partial charge is 0.204 e. The van der Waals surface area contributed by atoms with Crippen LogP contribution in [0.25, 0.3) is 49.3 Å². The van der Waals surface area contributed by atoms with Gasteiger partial charge < -0.3 is 9.88 Å². The zero-order chi connectivity index (χ0) is 29.0. The number of hydrogen-bond acceptors (Lipinski definition) is 3. The van der Waals surface area contributed by atoms with Gasteiger partial charge in [0.1, 0.15) is 5.84 Å². The molecule has 0 aliphatic carbocycles. The van der Waals surface area contributed by atoms with Gasteiger partial charge in [0.25, 0.3) is 0 Å². The third kappa shape index (κ3) is 3.73. The van der Waals surface area contributed by atoms with Crippen molar-refractivity contribution in [1.29, 1.82) is 0 Å². The Bertz CT molecular complexity index is 2400. The van der Waals surface area contributed by atoms with E-state index >= 15 is 0 Å². The number of hydrogen-bond donors (Lipinski definition) is 1. The Morgan fingerprint density at radius 2 is 1.02 bits per heavy atom. The first-order valence-corrected chi connectivity index (χ1v) is 14.9. The number of nitrogens with one attached hydrogen (secondary N) is 1. The molecule has 1 aliphatic heterocycles. The minimum absolute atomic E-state index is 0.437. The number of nitrogens with zero attached hydrogens (tertiary/aromatic N) is 4. The Kier molecular flexibility index (Phi) is 5.50. The van der Waals surface area contributed by atoms with Crippen molar-refractivity contribution in [3.8, 4) is 5.69 Å². The van der Waals surface area contributed by atoms with Gasteiger partial charge in [-0.05, 0) is 24.3 Å². The predicted octanol–water partition coefficient (Wildman–Crippen LogP) is 8.84. The van der Waals surface area contributed by atoms with Crippen molar-refractivity contribution in [3.05, 3.63) is 163 Å². The molecule has 8 aromatic rings. The summed E-state index contributed by atoms with van der Waals surface area (Å²) in [5.41, 5.74) is 7.71. The van der Waals surface area contributed by atoms with Crippen LogP contribution in [0.5, 0.6) is 0 Å². The summed E-state index contributed by atoms with van der Waals surface area (Å²) in [6.45, 7) is 0. The Morgan fingerprint density at radius 3 is 1.73 bits per heavy atom. The molecular formula is C39H27N5. The average Bonchev–Trinajstić information content (AvgIpc) is 3.62. The van der Waals surface area contributed by atoms with Gasteiger partial charge >= 0.3 is 0 Å². The van der Waals surface area contributed by atoms with Crippen molar-refractivity contribution >= 4 is 55.3 Å². The number of rotatable bonds is 4. The SMILES string of the molecule is c1ccc(C2=NC(n3c4ccccc4c4ccc5c6ccccc6n(-c6ccccc6)c5c43)NC(c3ccccc3)=N2)cc1.